The van der Waals surface area contributed by atoms with Crippen LogP contribution < -0.4 is 5.32 Å². The Kier molecular flexibility index (Phi) is 3.88. The van der Waals surface area contributed by atoms with Crippen molar-refractivity contribution in [3.05, 3.63) is 46.2 Å². The van der Waals surface area contributed by atoms with Gasteiger partial charge in [0.15, 0.2) is 10.4 Å². The lowest BCUT2D eigenvalue weighted by Gasteiger charge is -2.12. The van der Waals surface area contributed by atoms with E-state index in [1.165, 1.54) is 6.26 Å². The Balaban J connectivity index is 2.13. The molecule has 96 valence electrons. The lowest BCUT2D eigenvalue weighted by atomic mass is 10.2. The lowest BCUT2D eigenvalue weighted by Crippen LogP contribution is -2.30. The van der Waals surface area contributed by atoms with Gasteiger partial charge in [0.25, 0.3) is 5.91 Å². The van der Waals surface area contributed by atoms with Crippen molar-refractivity contribution >= 4 is 21.8 Å². The van der Waals surface area contributed by atoms with Crippen LogP contribution in [0.15, 0.2) is 38.0 Å². The highest BCUT2D eigenvalue weighted by molar-refractivity contribution is 9.10. The molecule has 0 spiro atoms. The van der Waals surface area contributed by atoms with E-state index in [0.29, 0.717) is 10.4 Å². The second-order valence-corrected chi connectivity index (χ2v) is 4.57. The van der Waals surface area contributed by atoms with Crippen molar-refractivity contribution < 1.29 is 18.7 Å². The zero-order chi connectivity index (χ0) is 13.1. The molecule has 2 aromatic heterocycles. The molecule has 0 aromatic carbocycles. The first-order valence-electron chi connectivity index (χ1n) is 5.33. The molecule has 1 unspecified atom stereocenters. The van der Waals surface area contributed by atoms with E-state index < -0.39 is 11.9 Å². The van der Waals surface area contributed by atoms with Gasteiger partial charge in [-0.2, -0.15) is 0 Å². The van der Waals surface area contributed by atoms with Gasteiger partial charge in [0.05, 0.1) is 12.9 Å². The molecule has 0 aliphatic heterocycles. The fourth-order valence-electron chi connectivity index (χ4n) is 1.59. The molecule has 0 fully saturated rings. The van der Waals surface area contributed by atoms with E-state index in [9.17, 15) is 9.90 Å². The second kappa shape index (κ2) is 5.41. The summed E-state index contributed by atoms with van der Waals surface area (Å²) in [5.74, 6) is 0.314. The van der Waals surface area contributed by atoms with Gasteiger partial charge in [-0.3, -0.25) is 4.79 Å². The van der Waals surface area contributed by atoms with E-state index in [2.05, 4.69) is 21.2 Å². The summed E-state index contributed by atoms with van der Waals surface area (Å²) in [6, 6.07) is 4.50. The molecule has 1 atom stereocenters. The fourth-order valence-corrected chi connectivity index (χ4v) is 2.09. The van der Waals surface area contributed by atoms with Crippen molar-refractivity contribution in [2.24, 2.45) is 0 Å². The predicted molar refractivity (Wildman–Crippen MR) is 67.1 cm³/mol. The molecule has 2 aromatic rings. The van der Waals surface area contributed by atoms with Gasteiger partial charge in [-0.25, -0.2) is 0 Å². The molecule has 2 rings (SSSR count). The number of hydrogen-bond acceptors (Lipinski definition) is 4. The third-order valence-electron chi connectivity index (χ3n) is 2.47. The number of carbonyl (C=O) groups excluding carboxylic acids is 1. The van der Waals surface area contributed by atoms with E-state index in [1.54, 1.807) is 25.1 Å². The highest BCUT2D eigenvalue weighted by Crippen LogP contribution is 2.21. The topological polar surface area (TPSA) is 75.6 Å². The molecule has 5 nitrogen and oxygen atoms in total. The van der Waals surface area contributed by atoms with Crippen LogP contribution in [0, 0.1) is 6.92 Å². The largest absolute Gasteiger partial charge is 0.467 e. The summed E-state index contributed by atoms with van der Waals surface area (Å²) in [7, 11) is 0. The number of nitrogens with one attached hydrogen (secondary N) is 1. The van der Waals surface area contributed by atoms with Gasteiger partial charge < -0.3 is 19.3 Å². The first kappa shape index (κ1) is 12.9. The van der Waals surface area contributed by atoms with Crippen LogP contribution in [0.5, 0.6) is 0 Å². The summed E-state index contributed by atoms with van der Waals surface area (Å²) in [6.07, 6.45) is 1.48. The fraction of sp³-hybridized carbons (Fsp3) is 0.250. The Hall–Kier alpha value is -1.53. The van der Waals surface area contributed by atoms with Crippen LogP contribution in [0.25, 0.3) is 0 Å². The molecule has 18 heavy (non-hydrogen) atoms. The Labute approximate surface area is 112 Å². The number of aryl methyl sites for hydroxylation is 1. The van der Waals surface area contributed by atoms with Crippen LogP contribution in [0.2, 0.25) is 0 Å². The Bertz CT molecular complexity index is 532. The zero-order valence-electron chi connectivity index (χ0n) is 9.64. The van der Waals surface area contributed by atoms with Crippen molar-refractivity contribution in [3.63, 3.8) is 0 Å². The van der Waals surface area contributed by atoms with Gasteiger partial charge in [0.2, 0.25) is 0 Å². The smallest absolute Gasteiger partial charge is 0.287 e. The Morgan fingerprint density at radius 1 is 1.61 bits per heavy atom. The average molecular weight is 314 g/mol. The number of aliphatic hydroxyl groups excluding tert-OH is 1. The van der Waals surface area contributed by atoms with Gasteiger partial charge in [-0.15, -0.1) is 0 Å². The highest BCUT2D eigenvalue weighted by atomic mass is 79.9. The quantitative estimate of drug-likeness (QED) is 0.909. The van der Waals surface area contributed by atoms with Gasteiger partial charge in [0, 0.05) is 5.56 Å². The molecule has 6 heteroatoms. The molecule has 2 N–H and O–H groups in total. The van der Waals surface area contributed by atoms with Crippen molar-refractivity contribution in [1.82, 2.24) is 5.32 Å². The summed E-state index contributed by atoms with van der Waals surface area (Å²) in [5, 5.41) is 11.9. The summed E-state index contributed by atoms with van der Waals surface area (Å²) in [4.78, 5) is 12.0. The molecule has 0 bridgehead atoms. The van der Waals surface area contributed by atoms with Crippen LogP contribution in [0.1, 0.15) is 27.9 Å². The number of furan rings is 2. The minimum atomic E-state index is -0.587. The number of aliphatic hydroxyl groups is 1. The second-order valence-electron chi connectivity index (χ2n) is 3.79. The zero-order valence-corrected chi connectivity index (χ0v) is 11.2. The number of hydrogen-bond donors (Lipinski definition) is 2. The van der Waals surface area contributed by atoms with E-state index in [1.807, 2.05) is 0 Å². The number of halogens is 1. The van der Waals surface area contributed by atoms with Crippen molar-refractivity contribution in [1.29, 1.82) is 0 Å². The maximum Gasteiger partial charge on any atom is 0.287 e. The molecule has 0 aliphatic carbocycles. The summed E-state index contributed by atoms with van der Waals surface area (Å²) < 4.78 is 10.9. The normalized spacial score (nSPS) is 12.4. The van der Waals surface area contributed by atoms with Crippen LogP contribution >= 0.6 is 15.9 Å². The number of amides is 1. The van der Waals surface area contributed by atoms with E-state index in [0.717, 1.165) is 5.56 Å². The summed E-state index contributed by atoms with van der Waals surface area (Å²) >= 11 is 3.16. The monoisotopic (exact) mass is 313 g/mol. The first-order chi connectivity index (χ1) is 8.61. The molecule has 0 radical (unpaired) electrons. The van der Waals surface area contributed by atoms with Gasteiger partial charge in [-0.05, 0) is 41.1 Å². The molecule has 0 aliphatic rings. The highest BCUT2D eigenvalue weighted by Gasteiger charge is 2.21. The summed E-state index contributed by atoms with van der Waals surface area (Å²) in [6.45, 7) is 1.52. The molecule has 1 amide bonds. The molecular formula is C12H12BrNO4. The SMILES string of the molecule is Cc1cc(Br)oc1C(=O)NC(CO)c1ccco1. The van der Waals surface area contributed by atoms with E-state index in [4.69, 9.17) is 8.83 Å². The van der Waals surface area contributed by atoms with Crippen LogP contribution in [0.4, 0.5) is 0 Å². The standard InChI is InChI=1S/C12H12BrNO4/c1-7-5-10(13)18-11(7)12(16)14-8(6-15)9-3-2-4-17-9/h2-5,8,15H,6H2,1H3,(H,14,16). The number of carbonyl (C=O) groups is 1. The van der Waals surface area contributed by atoms with E-state index in [-0.39, 0.29) is 12.4 Å². The maximum absolute atomic E-state index is 12.0. The average Bonchev–Trinajstić information content (AvgIpc) is 2.95. The number of rotatable bonds is 4. The molecular weight excluding hydrogens is 302 g/mol. The van der Waals surface area contributed by atoms with E-state index >= 15 is 0 Å². The van der Waals surface area contributed by atoms with Crippen molar-refractivity contribution in [2.45, 2.75) is 13.0 Å². The Morgan fingerprint density at radius 2 is 2.39 bits per heavy atom. The molecule has 0 saturated carbocycles. The molecule has 2 heterocycles. The first-order valence-corrected chi connectivity index (χ1v) is 6.12. The van der Waals surface area contributed by atoms with Crippen LogP contribution in [0.3, 0.4) is 0 Å². The minimum absolute atomic E-state index is 0.215. The molecule has 0 saturated heterocycles. The lowest BCUT2D eigenvalue weighted by molar-refractivity contribution is 0.0877. The van der Waals surface area contributed by atoms with Gasteiger partial charge in [0.1, 0.15) is 11.8 Å². The van der Waals surface area contributed by atoms with Crippen molar-refractivity contribution in [2.75, 3.05) is 6.61 Å². The van der Waals surface area contributed by atoms with Gasteiger partial charge >= 0.3 is 0 Å². The third-order valence-corrected chi connectivity index (χ3v) is 2.86. The van der Waals surface area contributed by atoms with Crippen LogP contribution in [-0.2, 0) is 0 Å². The third kappa shape index (κ3) is 2.65. The van der Waals surface area contributed by atoms with Crippen molar-refractivity contribution in [3.8, 4) is 0 Å². The summed E-state index contributed by atoms with van der Waals surface area (Å²) in [5.41, 5.74) is 0.718. The van der Waals surface area contributed by atoms with Gasteiger partial charge in [-0.1, -0.05) is 0 Å². The minimum Gasteiger partial charge on any atom is -0.467 e. The maximum atomic E-state index is 12.0. The van der Waals surface area contributed by atoms with Crippen LogP contribution in [-0.4, -0.2) is 17.6 Å². The Morgan fingerprint density at radius 3 is 2.89 bits per heavy atom. The predicted octanol–water partition coefficient (Wildman–Crippen LogP) is 2.41.